The summed E-state index contributed by atoms with van der Waals surface area (Å²) in [5.74, 6) is 2.14. The molecule has 0 fully saturated rings. The highest BCUT2D eigenvalue weighted by atomic mass is 32.1. The van der Waals surface area contributed by atoms with E-state index < -0.39 is 0 Å². The SMILES string of the molecule is COc1ccccc1/C=C/C=Nn1c(COc2ccccc2)n[nH]c1=S. The van der Waals surface area contributed by atoms with Crippen LogP contribution in [0.15, 0.2) is 65.8 Å². The van der Waals surface area contributed by atoms with Gasteiger partial charge < -0.3 is 9.47 Å². The highest BCUT2D eigenvalue weighted by Crippen LogP contribution is 2.18. The topological polar surface area (TPSA) is 64.4 Å². The maximum Gasteiger partial charge on any atom is 0.216 e. The van der Waals surface area contributed by atoms with Gasteiger partial charge in [-0.25, -0.2) is 5.10 Å². The number of rotatable bonds is 7. The number of nitrogens with zero attached hydrogens (tertiary/aromatic N) is 3. The third-order valence-corrected chi connectivity index (χ3v) is 3.78. The number of nitrogens with one attached hydrogen (secondary N) is 1. The molecule has 6 nitrogen and oxygen atoms in total. The molecule has 2 aromatic carbocycles. The van der Waals surface area contributed by atoms with E-state index in [0.29, 0.717) is 10.6 Å². The standard InChI is InChI=1S/C19H18N4O2S/c1-24-17-12-6-5-8-15(17)9-7-13-20-23-18(21-22-19(23)26)14-25-16-10-3-2-4-11-16/h2-13H,14H2,1H3,(H,22,26)/b9-7+,20-13?. The Kier molecular flexibility index (Phi) is 5.95. The first-order valence-electron chi connectivity index (χ1n) is 7.96. The molecule has 1 aromatic heterocycles. The van der Waals surface area contributed by atoms with Crippen LogP contribution in [0.3, 0.4) is 0 Å². The number of hydrogen-bond donors (Lipinski definition) is 1. The summed E-state index contributed by atoms with van der Waals surface area (Å²) in [4.78, 5) is 0. The molecule has 0 atom stereocenters. The van der Waals surface area contributed by atoms with E-state index in [2.05, 4.69) is 15.3 Å². The lowest BCUT2D eigenvalue weighted by Gasteiger charge is -2.04. The monoisotopic (exact) mass is 366 g/mol. The molecule has 0 aliphatic rings. The van der Waals surface area contributed by atoms with E-state index in [0.717, 1.165) is 17.1 Å². The van der Waals surface area contributed by atoms with Crippen molar-refractivity contribution < 1.29 is 9.47 Å². The number of aromatic nitrogens is 3. The van der Waals surface area contributed by atoms with Crippen molar-refractivity contribution in [1.29, 1.82) is 0 Å². The van der Waals surface area contributed by atoms with Gasteiger partial charge in [-0.3, -0.25) is 0 Å². The molecule has 0 unspecified atom stereocenters. The summed E-state index contributed by atoms with van der Waals surface area (Å²) in [5.41, 5.74) is 0.963. The number of ether oxygens (including phenoxy) is 2. The molecule has 0 radical (unpaired) electrons. The van der Waals surface area contributed by atoms with Crippen molar-refractivity contribution in [1.82, 2.24) is 14.9 Å². The minimum absolute atomic E-state index is 0.255. The quantitative estimate of drug-likeness (QED) is 0.506. The van der Waals surface area contributed by atoms with Gasteiger partial charge in [0.25, 0.3) is 0 Å². The predicted octanol–water partition coefficient (Wildman–Crippen LogP) is 4.08. The smallest absolute Gasteiger partial charge is 0.216 e. The van der Waals surface area contributed by atoms with Gasteiger partial charge in [-0.15, -0.1) is 0 Å². The summed E-state index contributed by atoms with van der Waals surface area (Å²) >= 11 is 5.22. The van der Waals surface area contributed by atoms with Gasteiger partial charge in [0.2, 0.25) is 4.77 Å². The zero-order valence-electron chi connectivity index (χ0n) is 14.2. The molecule has 0 aliphatic carbocycles. The Bertz CT molecular complexity index is 961. The van der Waals surface area contributed by atoms with Gasteiger partial charge in [-0.05, 0) is 42.6 Å². The first-order chi connectivity index (χ1) is 12.8. The molecule has 7 heteroatoms. The lowest BCUT2D eigenvalue weighted by atomic mass is 10.2. The molecule has 1 heterocycles. The van der Waals surface area contributed by atoms with Crippen molar-refractivity contribution in [3.8, 4) is 11.5 Å². The fourth-order valence-electron chi connectivity index (χ4n) is 2.26. The van der Waals surface area contributed by atoms with Gasteiger partial charge in [0.15, 0.2) is 5.82 Å². The van der Waals surface area contributed by atoms with Gasteiger partial charge in [0, 0.05) is 11.8 Å². The molecule has 0 aliphatic heterocycles. The van der Waals surface area contributed by atoms with Crippen molar-refractivity contribution in [3.63, 3.8) is 0 Å². The zero-order valence-corrected chi connectivity index (χ0v) is 15.0. The van der Waals surface area contributed by atoms with Crippen LogP contribution in [0.25, 0.3) is 6.08 Å². The first-order valence-corrected chi connectivity index (χ1v) is 8.37. The summed E-state index contributed by atoms with van der Waals surface area (Å²) in [6, 6.07) is 17.3. The highest BCUT2D eigenvalue weighted by Gasteiger charge is 2.05. The third kappa shape index (κ3) is 4.46. The van der Waals surface area contributed by atoms with Crippen molar-refractivity contribution in [2.45, 2.75) is 6.61 Å². The molecule has 1 N–H and O–H groups in total. The molecule has 0 bridgehead atoms. The van der Waals surface area contributed by atoms with E-state index in [4.69, 9.17) is 21.7 Å². The van der Waals surface area contributed by atoms with E-state index in [1.54, 1.807) is 13.3 Å². The Morgan fingerprint density at radius 1 is 1.15 bits per heavy atom. The maximum atomic E-state index is 5.69. The van der Waals surface area contributed by atoms with Crippen LogP contribution in [0.4, 0.5) is 0 Å². The van der Waals surface area contributed by atoms with Crippen molar-refractivity contribution in [3.05, 3.63) is 76.8 Å². The van der Waals surface area contributed by atoms with Crippen LogP contribution in [0.5, 0.6) is 11.5 Å². The largest absolute Gasteiger partial charge is 0.496 e. The van der Waals surface area contributed by atoms with Gasteiger partial charge in [-0.1, -0.05) is 36.4 Å². The minimum atomic E-state index is 0.255. The van der Waals surface area contributed by atoms with Gasteiger partial charge in [0.05, 0.1) is 7.11 Å². The summed E-state index contributed by atoms with van der Waals surface area (Å²) in [6.45, 7) is 0.255. The van der Waals surface area contributed by atoms with E-state index in [1.807, 2.05) is 66.7 Å². The Balaban J connectivity index is 1.69. The second kappa shape index (κ2) is 8.77. The molecule has 0 spiro atoms. The number of H-pyrrole nitrogens is 1. The van der Waals surface area contributed by atoms with Crippen LogP contribution in [-0.2, 0) is 6.61 Å². The molecule has 0 amide bonds. The maximum absolute atomic E-state index is 5.69. The summed E-state index contributed by atoms with van der Waals surface area (Å²) in [5, 5.41) is 11.2. The Morgan fingerprint density at radius 2 is 1.92 bits per heavy atom. The van der Waals surface area contributed by atoms with Crippen LogP contribution in [0.1, 0.15) is 11.4 Å². The Hall–Kier alpha value is -3.19. The van der Waals surface area contributed by atoms with Gasteiger partial charge in [-0.2, -0.15) is 14.9 Å². The van der Waals surface area contributed by atoms with Gasteiger partial charge in [0.1, 0.15) is 18.1 Å². The van der Waals surface area contributed by atoms with Crippen molar-refractivity contribution in [2.75, 3.05) is 7.11 Å². The second-order valence-corrected chi connectivity index (χ2v) is 5.61. The highest BCUT2D eigenvalue weighted by molar-refractivity contribution is 7.71. The van der Waals surface area contributed by atoms with Crippen LogP contribution >= 0.6 is 12.2 Å². The third-order valence-electron chi connectivity index (χ3n) is 3.51. The van der Waals surface area contributed by atoms with Crippen LogP contribution in [0.2, 0.25) is 0 Å². The molecule has 0 saturated heterocycles. The molecule has 3 rings (SSSR count). The van der Waals surface area contributed by atoms with E-state index in [-0.39, 0.29) is 6.61 Å². The minimum Gasteiger partial charge on any atom is -0.496 e. The predicted molar refractivity (Wildman–Crippen MR) is 104 cm³/mol. The summed E-state index contributed by atoms with van der Waals surface area (Å²) < 4.78 is 12.9. The number of para-hydroxylation sites is 2. The van der Waals surface area contributed by atoms with Crippen molar-refractivity contribution in [2.24, 2.45) is 5.10 Å². The van der Waals surface area contributed by atoms with E-state index >= 15 is 0 Å². The number of hydrogen-bond acceptors (Lipinski definition) is 5. The van der Waals surface area contributed by atoms with Crippen LogP contribution in [-0.4, -0.2) is 28.2 Å². The summed E-state index contributed by atoms with van der Waals surface area (Å²) in [7, 11) is 1.64. The molecule has 3 aromatic rings. The van der Waals surface area contributed by atoms with Crippen LogP contribution < -0.4 is 9.47 Å². The van der Waals surface area contributed by atoms with E-state index in [9.17, 15) is 0 Å². The molecule has 132 valence electrons. The number of aromatic amines is 1. The fourth-order valence-corrected chi connectivity index (χ4v) is 2.46. The van der Waals surface area contributed by atoms with Crippen LogP contribution in [0, 0.1) is 4.77 Å². The average molecular weight is 366 g/mol. The van der Waals surface area contributed by atoms with Gasteiger partial charge >= 0.3 is 0 Å². The second-order valence-electron chi connectivity index (χ2n) is 5.22. The average Bonchev–Trinajstić information content (AvgIpc) is 3.04. The first kappa shape index (κ1) is 17.6. The fraction of sp³-hybridized carbons (Fsp3) is 0.105. The normalized spacial score (nSPS) is 11.3. The lowest BCUT2D eigenvalue weighted by Crippen LogP contribution is -2.03. The zero-order chi connectivity index (χ0) is 18.2. The number of benzene rings is 2. The molecular weight excluding hydrogens is 348 g/mol. The lowest BCUT2D eigenvalue weighted by molar-refractivity contribution is 0.290. The van der Waals surface area contributed by atoms with Crippen molar-refractivity contribution >= 4 is 24.5 Å². The molecule has 26 heavy (non-hydrogen) atoms. The summed E-state index contributed by atoms with van der Waals surface area (Å²) in [6.07, 6.45) is 5.37. The Labute approximate surface area is 156 Å². The number of allylic oxidation sites excluding steroid dienone is 1. The Morgan fingerprint density at radius 3 is 2.73 bits per heavy atom. The molecular formula is C19H18N4O2S. The molecule has 0 saturated carbocycles. The number of methoxy groups -OCH3 is 1. The van der Waals surface area contributed by atoms with E-state index in [1.165, 1.54) is 4.68 Å².